The van der Waals surface area contributed by atoms with Crippen molar-refractivity contribution in [2.45, 2.75) is 19.0 Å². The summed E-state index contributed by atoms with van der Waals surface area (Å²) in [6.07, 6.45) is 3.27. The maximum Gasteiger partial charge on any atom is 0.248 e. The second kappa shape index (κ2) is 11.5. The lowest BCUT2D eigenvalue weighted by Crippen LogP contribution is -2.16. The number of carbonyl (C=O) groups is 2. The van der Waals surface area contributed by atoms with Crippen LogP contribution in [0.4, 0.5) is 11.4 Å². The number of aryl methyl sites for hydroxylation is 2. The van der Waals surface area contributed by atoms with Crippen LogP contribution in [-0.4, -0.2) is 32.3 Å². The highest BCUT2D eigenvalue weighted by atomic mass is 32.2. The lowest BCUT2D eigenvalue weighted by Gasteiger charge is -2.11. The number of anilines is 2. The van der Waals surface area contributed by atoms with E-state index in [2.05, 4.69) is 20.8 Å². The summed E-state index contributed by atoms with van der Waals surface area (Å²) >= 11 is 1.33. The van der Waals surface area contributed by atoms with Crippen LogP contribution in [0, 0.1) is 13.8 Å². The fraction of sp³-hybridized carbons (Fsp3) is 0.143. The lowest BCUT2D eigenvalue weighted by atomic mass is 10.1. The summed E-state index contributed by atoms with van der Waals surface area (Å²) < 4.78 is 1.85. The monoisotopic (exact) mass is 497 g/mol. The van der Waals surface area contributed by atoms with Crippen LogP contribution in [0.5, 0.6) is 0 Å². The van der Waals surface area contributed by atoms with Gasteiger partial charge in [-0.05, 0) is 60.9 Å². The van der Waals surface area contributed by atoms with Crippen LogP contribution >= 0.6 is 11.8 Å². The number of para-hydroxylation sites is 1. The van der Waals surface area contributed by atoms with E-state index in [1.807, 2.05) is 98.3 Å². The molecule has 1 aromatic heterocycles. The second-order valence-corrected chi connectivity index (χ2v) is 9.22. The van der Waals surface area contributed by atoms with Crippen molar-refractivity contribution < 1.29 is 9.59 Å². The number of rotatable bonds is 8. The molecule has 0 radical (unpaired) electrons. The molecule has 2 N–H and O–H groups in total. The highest BCUT2D eigenvalue weighted by molar-refractivity contribution is 7.99. The zero-order valence-corrected chi connectivity index (χ0v) is 21.2. The van der Waals surface area contributed by atoms with E-state index in [1.54, 1.807) is 6.08 Å². The summed E-state index contributed by atoms with van der Waals surface area (Å²) in [6, 6.07) is 23.0. The predicted molar refractivity (Wildman–Crippen MR) is 146 cm³/mol. The van der Waals surface area contributed by atoms with Crippen LogP contribution in [-0.2, 0) is 16.6 Å². The summed E-state index contributed by atoms with van der Waals surface area (Å²) in [5, 5.41) is 15.0. The van der Waals surface area contributed by atoms with E-state index in [4.69, 9.17) is 0 Å². The number of benzene rings is 3. The molecule has 0 aliphatic carbocycles. The summed E-state index contributed by atoms with van der Waals surface area (Å²) in [6.45, 7) is 3.95. The Morgan fingerprint density at radius 2 is 1.58 bits per heavy atom. The van der Waals surface area contributed by atoms with Crippen LogP contribution in [0.2, 0.25) is 0 Å². The molecule has 36 heavy (non-hydrogen) atoms. The largest absolute Gasteiger partial charge is 0.325 e. The maximum atomic E-state index is 12.5. The minimum atomic E-state index is -0.205. The van der Waals surface area contributed by atoms with E-state index in [0.29, 0.717) is 16.7 Å². The standard InChI is InChI=1S/C28H27N5O2S/c1-19-8-7-9-20(2)26(19)30-25(35)18-36-28-32-31-27(33(28)3)22-13-15-23(16-14-22)29-24(34)17-12-21-10-5-4-6-11-21/h4-17H,18H2,1-3H3,(H,29,34)(H,30,35). The maximum absolute atomic E-state index is 12.5. The average Bonchev–Trinajstić information content (AvgIpc) is 3.25. The van der Waals surface area contributed by atoms with Gasteiger partial charge in [0.1, 0.15) is 0 Å². The third kappa shape index (κ3) is 6.28. The molecule has 0 spiro atoms. The van der Waals surface area contributed by atoms with Gasteiger partial charge in [0.25, 0.3) is 0 Å². The Kier molecular flexibility index (Phi) is 7.97. The molecule has 0 bridgehead atoms. The minimum absolute atomic E-state index is 0.0941. The molecule has 3 aromatic carbocycles. The Labute approximate surface area is 214 Å². The van der Waals surface area contributed by atoms with Gasteiger partial charge in [-0.3, -0.25) is 9.59 Å². The summed E-state index contributed by atoms with van der Waals surface area (Å²) in [5.41, 5.74) is 5.41. The Morgan fingerprint density at radius 1 is 0.889 bits per heavy atom. The Balaban J connectivity index is 1.34. The van der Waals surface area contributed by atoms with E-state index in [1.165, 1.54) is 17.8 Å². The number of nitrogens with one attached hydrogen (secondary N) is 2. The fourth-order valence-corrected chi connectivity index (χ4v) is 4.34. The fourth-order valence-electron chi connectivity index (χ4n) is 3.63. The van der Waals surface area contributed by atoms with Gasteiger partial charge in [0.15, 0.2) is 11.0 Å². The van der Waals surface area contributed by atoms with Gasteiger partial charge in [-0.2, -0.15) is 0 Å². The molecule has 0 atom stereocenters. The first kappa shape index (κ1) is 24.9. The molecule has 0 unspecified atom stereocenters. The Hall–Kier alpha value is -4.17. The predicted octanol–water partition coefficient (Wildman–Crippen LogP) is 5.48. The van der Waals surface area contributed by atoms with Crippen molar-refractivity contribution in [3.8, 4) is 11.4 Å². The Morgan fingerprint density at radius 3 is 2.28 bits per heavy atom. The van der Waals surface area contributed by atoms with Gasteiger partial charge in [-0.1, -0.05) is 60.3 Å². The van der Waals surface area contributed by atoms with Crippen LogP contribution in [0.15, 0.2) is 84.0 Å². The first-order chi connectivity index (χ1) is 17.4. The lowest BCUT2D eigenvalue weighted by molar-refractivity contribution is -0.114. The van der Waals surface area contributed by atoms with E-state index < -0.39 is 0 Å². The van der Waals surface area contributed by atoms with Crippen molar-refractivity contribution in [1.82, 2.24) is 14.8 Å². The number of hydrogen-bond donors (Lipinski definition) is 2. The van der Waals surface area contributed by atoms with E-state index in [0.717, 1.165) is 27.9 Å². The number of nitrogens with zero attached hydrogens (tertiary/aromatic N) is 3. The van der Waals surface area contributed by atoms with Crippen LogP contribution in [0.1, 0.15) is 16.7 Å². The number of thioether (sulfide) groups is 1. The third-order valence-corrected chi connectivity index (χ3v) is 6.57. The number of aromatic nitrogens is 3. The summed E-state index contributed by atoms with van der Waals surface area (Å²) in [4.78, 5) is 24.7. The highest BCUT2D eigenvalue weighted by Gasteiger charge is 2.14. The number of hydrogen-bond acceptors (Lipinski definition) is 5. The molecule has 0 saturated heterocycles. The number of carbonyl (C=O) groups excluding carboxylic acids is 2. The van der Waals surface area contributed by atoms with Gasteiger partial charge in [0.05, 0.1) is 5.75 Å². The number of amides is 2. The smallest absolute Gasteiger partial charge is 0.248 e. The van der Waals surface area contributed by atoms with Gasteiger partial charge in [-0.25, -0.2) is 0 Å². The molecule has 7 nitrogen and oxygen atoms in total. The zero-order chi connectivity index (χ0) is 25.5. The topological polar surface area (TPSA) is 88.9 Å². The molecule has 0 saturated carbocycles. The molecule has 0 fully saturated rings. The molecular formula is C28H27N5O2S. The average molecular weight is 498 g/mol. The molecule has 182 valence electrons. The normalized spacial score (nSPS) is 11.0. The molecular weight excluding hydrogens is 470 g/mol. The molecule has 4 rings (SSSR count). The molecule has 0 aliphatic rings. The molecule has 8 heteroatoms. The van der Waals surface area contributed by atoms with Crippen LogP contribution < -0.4 is 10.6 Å². The van der Waals surface area contributed by atoms with Gasteiger partial charge in [-0.15, -0.1) is 10.2 Å². The van der Waals surface area contributed by atoms with E-state index >= 15 is 0 Å². The Bertz CT molecular complexity index is 1380. The molecule has 2 amide bonds. The highest BCUT2D eigenvalue weighted by Crippen LogP contribution is 2.25. The first-order valence-corrected chi connectivity index (χ1v) is 12.4. The molecule has 1 heterocycles. The van der Waals surface area contributed by atoms with Crippen molar-refractivity contribution in [3.05, 3.63) is 95.6 Å². The quantitative estimate of drug-likeness (QED) is 0.249. The minimum Gasteiger partial charge on any atom is -0.325 e. The molecule has 0 aliphatic heterocycles. The van der Waals surface area contributed by atoms with Gasteiger partial charge < -0.3 is 15.2 Å². The van der Waals surface area contributed by atoms with E-state index in [9.17, 15) is 9.59 Å². The van der Waals surface area contributed by atoms with E-state index in [-0.39, 0.29) is 17.6 Å². The first-order valence-electron chi connectivity index (χ1n) is 11.4. The zero-order valence-electron chi connectivity index (χ0n) is 20.4. The van der Waals surface area contributed by atoms with Crippen molar-refractivity contribution in [1.29, 1.82) is 0 Å². The third-order valence-electron chi connectivity index (χ3n) is 5.55. The second-order valence-electron chi connectivity index (χ2n) is 8.28. The van der Waals surface area contributed by atoms with Crippen molar-refractivity contribution in [3.63, 3.8) is 0 Å². The van der Waals surface area contributed by atoms with Crippen molar-refractivity contribution >= 4 is 41.0 Å². The molecule has 4 aromatic rings. The van der Waals surface area contributed by atoms with Crippen LogP contribution in [0.3, 0.4) is 0 Å². The van der Waals surface area contributed by atoms with Gasteiger partial charge in [0.2, 0.25) is 11.8 Å². The van der Waals surface area contributed by atoms with Crippen molar-refractivity contribution in [2.24, 2.45) is 7.05 Å². The SMILES string of the molecule is Cc1cccc(C)c1NC(=O)CSc1nnc(-c2ccc(NC(=O)C=Cc3ccccc3)cc2)n1C. The summed E-state index contributed by atoms with van der Waals surface area (Å²) in [5.74, 6) is 0.599. The van der Waals surface area contributed by atoms with Gasteiger partial charge in [0, 0.05) is 30.1 Å². The van der Waals surface area contributed by atoms with Crippen molar-refractivity contribution in [2.75, 3.05) is 16.4 Å². The summed E-state index contributed by atoms with van der Waals surface area (Å²) in [7, 11) is 1.87. The van der Waals surface area contributed by atoms with Crippen LogP contribution in [0.25, 0.3) is 17.5 Å². The van der Waals surface area contributed by atoms with Gasteiger partial charge >= 0.3 is 0 Å².